The number of hydrogen-bond donors (Lipinski definition) is 0. The molecule has 0 unspecified atom stereocenters. The summed E-state index contributed by atoms with van der Waals surface area (Å²) in [6, 6.07) is 12.4. The van der Waals surface area contributed by atoms with Gasteiger partial charge < -0.3 is 9.30 Å². The first kappa shape index (κ1) is 16.0. The van der Waals surface area contributed by atoms with Crippen LogP contribution in [0.2, 0.25) is 5.28 Å². The average Bonchev–Trinajstić information content (AvgIpc) is 3.30. The van der Waals surface area contributed by atoms with Crippen LogP contribution in [0.5, 0.6) is 5.75 Å². The molecule has 0 radical (unpaired) electrons. The van der Waals surface area contributed by atoms with Gasteiger partial charge in [0.2, 0.25) is 5.28 Å². The highest BCUT2D eigenvalue weighted by Crippen LogP contribution is 2.52. The van der Waals surface area contributed by atoms with Crippen LogP contribution in [0.25, 0.3) is 22.4 Å². The summed E-state index contributed by atoms with van der Waals surface area (Å²) in [5.74, 6) is 1.48. The van der Waals surface area contributed by atoms with E-state index in [9.17, 15) is 8.78 Å². The van der Waals surface area contributed by atoms with Crippen molar-refractivity contribution in [3.05, 3.63) is 59.1 Å². The van der Waals surface area contributed by atoms with Gasteiger partial charge in [-0.2, -0.15) is 8.78 Å². The van der Waals surface area contributed by atoms with Crippen molar-refractivity contribution in [2.24, 2.45) is 0 Å². The second-order valence-corrected chi connectivity index (χ2v) is 7.19. The van der Waals surface area contributed by atoms with E-state index in [-0.39, 0.29) is 23.1 Å². The van der Waals surface area contributed by atoms with Crippen molar-refractivity contribution >= 4 is 22.6 Å². The number of imidazole rings is 1. The summed E-state index contributed by atoms with van der Waals surface area (Å²) in [7, 11) is 0. The Hall–Kier alpha value is -3.00. The lowest BCUT2D eigenvalue weighted by Crippen LogP contribution is -2.13. The molecule has 0 fully saturated rings. The van der Waals surface area contributed by atoms with Gasteiger partial charge in [-0.3, -0.25) is 4.57 Å². The summed E-state index contributed by atoms with van der Waals surface area (Å²) >= 11 is 6.38. The number of fused-ring (bicyclic) bond motifs is 6. The van der Waals surface area contributed by atoms with E-state index >= 15 is 0 Å². The molecule has 2 aromatic carbocycles. The number of halogens is 3. The van der Waals surface area contributed by atoms with E-state index in [1.165, 1.54) is 0 Å². The van der Waals surface area contributed by atoms with Gasteiger partial charge in [0.05, 0.1) is 23.1 Å². The first-order chi connectivity index (χ1) is 13.6. The smallest absolute Gasteiger partial charge is 0.387 e. The number of alkyl halides is 2. The van der Waals surface area contributed by atoms with E-state index in [1.807, 2.05) is 34.9 Å². The van der Waals surface area contributed by atoms with Gasteiger partial charge in [-0.1, -0.05) is 24.3 Å². The predicted octanol–water partition coefficient (Wildman–Crippen LogP) is 4.45. The molecule has 2 aliphatic heterocycles. The molecule has 0 N–H and O–H groups in total. The minimum atomic E-state index is -2.92. The molecule has 0 saturated heterocycles. The number of hydrogen-bond acceptors (Lipinski definition) is 4. The lowest BCUT2D eigenvalue weighted by Gasteiger charge is -2.21. The van der Waals surface area contributed by atoms with Crippen molar-refractivity contribution in [2.45, 2.75) is 25.1 Å². The summed E-state index contributed by atoms with van der Waals surface area (Å²) in [5.41, 5.74) is 3.12. The normalized spacial score (nSPS) is 19.4. The Bertz CT molecular complexity index is 1250. The van der Waals surface area contributed by atoms with Crippen LogP contribution in [0, 0.1) is 0 Å². The molecular formula is C19H12ClF2N5O. The molecule has 4 heterocycles. The summed E-state index contributed by atoms with van der Waals surface area (Å²) in [6.07, 6.45) is 0.606. The fourth-order valence-corrected chi connectivity index (χ4v) is 4.77. The first-order valence-electron chi connectivity index (χ1n) is 8.79. The van der Waals surface area contributed by atoms with Crippen LogP contribution in [-0.2, 0) is 0 Å². The molecule has 6 rings (SSSR count). The van der Waals surface area contributed by atoms with E-state index in [0.29, 0.717) is 23.4 Å². The lowest BCUT2D eigenvalue weighted by molar-refractivity contribution is -0.0506. The van der Waals surface area contributed by atoms with E-state index in [1.54, 1.807) is 12.1 Å². The van der Waals surface area contributed by atoms with Crippen LogP contribution >= 0.6 is 11.6 Å². The zero-order valence-corrected chi connectivity index (χ0v) is 15.0. The molecule has 2 atom stereocenters. The molecule has 6 nitrogen and oxygen atoms in total. The predicted molar refractivity (Wildman–Crippen MR) is 97.7 cm³/mol. The molecular weight excluding hydrogens is 388 g/mol. The minimum Gasteiger partial charge on any atom is -0.434 e. The number of para-hydroxylation sites is 2. The number of benzene rings is 2. The van der Waals surface area contributed by atoms with E-state index in [0.717, 1.165) is 16.9 Å². The number of nitrogens with zero attached hydrogens (tertiary/aromatic N) is 5. The van der Waals surface area contributed by atoms with Gasteiger partial charge in [0.1, 0.15) is 11.6 Å². The standard InChI is InChI=1S/C19H12ClF2N5O/c20-18-25-24-16-9-4-3-7-14(28-19(21)22)15(9)12-8-13(27(16)18)17-23-10-5-1-2-6-11(10)26(12)17/h1-7,12-13,19H,8H2/t12-,13-/m1/s1. The first-order valence-corrected chi connectivity index (χ1v) is 9.16. The van der Waals surface area contributed by atoms with Gasteiger partial charge in [-0.25, -0.2) is 4.98 Å². The van der Waals surface area contributed by atoms with Gasteiger partial charge in [0, 0.05) is 17.5 Å². The quantitative estimate of drug-likeness (QED) is 0.500. The Balaban J connectivity index is 1.73. The molecule has 2 bridgehead atoms. The van der Waals surface area contributed by atoms with Crippen molar-refractivity contribution in [1.82, 2.24) is 24.3 Å². The topological polar surface area (TPSA) is 57.8 Å². The zero-order chi connectivity index (χ0) is 19.0. The van der Waals surface area contributed by atoms with Crippen molar-refractivity contribution < 1.29 is 13.5 Å². The summed E-state index contributed by atoms with van der Waals surface area (Å²) in [5, 5.41) is 8.49. The summed E-state index contributed by atoms with van der Waals surface area (Å²) in [4.78, 5) is 4.80. The number of rotatable bonds is 2. The van der Waals surface area contributed by atoms with Crippen molar-refractivity contribution in [2.75, 3.05) is 0 Å². The highest BCUT2D eigenvalue weighted by atomic mass is 35.5. The van der Waals surface area contributed by atoms with E-state index in [4.69, 9.17) is 21.3 Å². The van der Waals surface area contributed by atoms with Crippen LogP contribution in [0.1, 0.15) is 29.9 Å². The Labute approximate surface area is 162 Å². The SMILES string of the molecule is FC(F)Oc1cccc2c1[C@H]1C[C@H](c3nc4ccccc4n31)n1c(Cl)nnc1-2. The second-order valence-electron chi connectivity index (χ2n) is 6.85. The number of aromatic nitrogens is 5. The molecule has 2 aliphatic rings. The Morgan fingerprint density at radius 3 is 2.75 bits per heavy atom. The second kappa shape index (κ2) is 5.51. The van der Waals surface area contributed by atoms with Gasteiger partial charge in [-0.15, -0.1) is 10.2 Å². The summed E-state index contributed by atoms with van der Waals surface area (Å²) in [6.45, 7) is -2.92. The summed E-state index contributed by atoms with van der Waals surface area (Å²) < 4.78 is 35.1. The van der Waals surface area contributed by atoms with E-state index in [2.05, 4.69) is 14.8 Å². The highest BCUT2D eigenvalue weighted by molar-refractivity contribution is 6.28. The van der Waals surface area contributed by atoms with Gasteiger partial charge in [0.25, 0.3) is 0 Å². The lowest BCUT2D eigenvalue weighted by atomic mass is 9.97. The van der Waals surface area contributed by atoms with Crippen molar-refractivity contribution in [3.8, 4) is 17.1 Å². The highest BCUT2D eigenvalue weighted by Gasteiger charge is 2.43. The molecule has 0 saturated carbocycles. The Kier molecular flexibility index (Phi) is 3.15. The third-order valence-electron chi connectivity index (χ3n) is 5.50. The van der Waals surface area contributed by atoms with Crippen LogP contribution in [0.15, 0.2) is 42.5 Å². The monoisotopic (exact) mass is 399 g/mol. The third-order valence-corrected chi connectivity index (χ3v) is 5.76. The minimum absolute atomic E-state index is 0.134. The van der Waals surface area contributed by atoms with E-state index < -0.39 is 6.61 Å². The fraction of sp³-hybridized carbons (Fsp3) is 0.211. The number of ether oxygens (including phenoxy) is 1. The van der Waals surface area contributed by atoms with Crippen LogP contribution in [0.4, 0.5) is 8.78 Å². The average molecular weight is 400 g/mol. The van der Waals surface area contributed by atoms with Crippen molar-refractivity contribution in [3.63, 3.8) is 0 Å². The maximum absolute atomic E-state index is 13.1. The molecule has 9 heteroatoms. The Morgan fingerprint density at radius 2 is 1.89 bits per heavy atom. The molecule has 28 heavy (non-hydrogen) atoms. The molecule has 0 spiro atoms. The molecule has 2 aromatic heterocycles. The maximum atomic E-state index is 13.1. The zero-order valence-electron chi connectivity index (χ0n) is 14.3. The van der Waals surface area contributed by atoms with Gasteiger partial charge in [0.15, 0.2) is 5.82 Å². The molecule has 4 aromatic rings. The van der Waals surface area contributed by atoms with Crippen LogP contribution in [-0.4, -0.2) is 30.9 Å². The molecule has 140 valence electrons. The van der Waals surface area contributed by atoms with Crippen molar-refractivity contribution in [1.29, 1.82) is 0 Å². The maximum Gasteiger partial charge on any atom is 0.387 e. The third kappa shape index (κ3) is 1.98. The van der Waals surface area contributed by atoms with Gasteiger partial charge >= 0.3 is 6.61 Å². The molecule has 0 amide bonds. The van der Waals surface area contributed by atoms with Crippen LogP contribution < -0.4 is 4.74 Å². The molecule has 0 aliphatic carbocycles. The van der Waals surface area contributed by atoms with Gasteiger partial charge in [-0.05, 0) is 29.8 Å². The Morgan fingerprint density at radius 1 is 1.04 bits per heavy atom. The van der Waals surface area contributed by atoms with Crippen LogP contribution in [0.3, 0.4) is 0 Å². The fourth-order valence-electron chi connectivity index (χ4n) is 4.53. The largest absolute Gasteiger partial charge is 0.434 e.